The van der Waals surface area contributed by atoms with Crippen molar-refractivity contribution in [2.24, 2.45) is 0 Å². The number of rotatable bonds is 5. The van der Waals surface area contributed by atoms with Crippen LogP contribution in [0.1, 0.15) is 60.2 Å². The van der Waals surface area contributed by atoms with Crippen molar-refractivity contribution < 1.29 is 8.73 Å². The first-order chi connectivity index (χ1) is 10.2. The number of nitrogens with zero attached hydrogens (tertiary/aromatic N) is 2. The van der Waals surface area contributed by atoms with E-state index < -0.39 is 10.8 Å². The fourth-order valence-corrected chi connectivity index (χ4v) is 4.91. The molecule has 0 amide bonds. The first-order valence-electron chi connectivity index (χ1n) is 7.42. The van der Waals surface area contributed by atoms with Crippen LogP contribution in [0.3, 0.4) is 0 Å². The Morgan fingerprint density at radius 2 is 2.14 bits per heavy atom. The average molecular weight is 324 g/mol. The first-order valence-corrected chi connectivity index (χ1v) is 9.79. The Kier molecular flexibility index (Phi) is 4.85. The molecule has 0 N–H and O–H groups in total. The van der Waals surface area contributed by atoms with E-state index in [1.807, 2.05) is 13.0 Å². The zero-order chi connectivity index (χ0) is 14.7. The number of aryl methyl sites for hydroxylation is 1. The smallest absolute Gasteiger partial charge is 0.149 e. The van der Waals surface area contributed by atoms with Crippen molar-refractivity contribution in [3.63, 3.8) is 0 Å². The predicted octanol–water partition coefficient (Wildman–Crippen LogP) is 3.94. The molecule has 1 aliphatic rings. The maximum absolute atomic E-state index is 12.2. The normalized spacial score (nSPS) is 18.0. The van der Waals surface area contributed by atoms with E-state index in [0.717, 1.165) is 11.4 Å². The summed E-state index contributed by atoms with van der Waals surface area (Å²) in [4.78, 5) is 4.70. The molecule has 0 bridgehead atoms. The van der Waals surface area contributed by atoms with Gasteiger partial charge >= 0.3 is 0 Å². The lowest BCUT2D eigenvalue weighted by atomic mass is 9.90. The molecule has 0 aromatic carbocycles. The van der Waals surface area contributed by atoms with E-state index in [4.69, 9.17) is 9.51 Å². The van der Waals surface area contributed by atoms with E-state index in [0.29, 0.717) is 23.2 Å². The summed E-state index contributed by atoms with van der Waals surface area (Å²) in [7, 11) is -0.990. The second-order valence-corrected chi connectivity index (χ2v) is 8.02. The number of hydrogen-bond donors (Lipinski definition) is 0. The van der Waals surface area contributed by atoms with Crippen molar-refractivity contribution in [2.75, 3.05) is 0 Å². The highest BCUT2D eigenvalue weighted by Gasteiger charge is 2.19. The molecule has 0 unspecified atom stereocenters. The fourth-order valence-electron chi connectivity index (χ4n) is 2.78. The average Bonchev–Trinajstić information content (AvgIpc) is 3.09. The lowest BCUT2D eigenvalue weighted by molar-refractivity contribution is 0.390. The van der Waals surface area contributed by atoms with Gasteiger partial charge in [-0.05, 0) is 19.8 Å². The molecular weight excluding hydrogens is 304 g/mol. The summed E-state index contributed by atoms with van der Waals surface area (Å²) in [5.41, 5.74) is 1.78. The van der Waals surface area contributed by atoms with Gasteiger partial charge in [0.1, 0.15) is 5.76 Å². The monoisotopic (exact) mass is 324 g/mol. The van der Waals surface area contributed by atoms with Gasteiger partial charge < -0.3 is 4.52 Å². The molecule has 6 heteroatoms. The van der Waals surface area contributed by atoms with Crippen molar-refractivity contribution in [3.05, 3.63) is 33.6 Å². The van der Waals surface area contributed by atoms with Crippen LogP contribution < -0.4 is 0 Å². The number of aromatic nitrogens is 2. The number of thiazole rings is 1. The van der Waals surface area contributed by atoms with E-state index in [9.17, 15) is 4.21 Å². The largest absolute Gasteiger partial charge is 0.360 e. The molecule has 1 fully saturated rings. The van der Waals surface area contributed by atoms with E-state index >= 15 is 0 Å². The van der Waals surface area contributed by atoms with Crippen LogP contribution in [0.5, 0.6) is 0 Å². The van der Waals surface area contributed by atoms with E-state index in [-0.39, 0.29) is 0 Å². The molecule has 3 rings (SSSR count). The second kappa shape index (κ2) is 6.83. The van der Waals surface area contributed by atoms with Gasteiger partial charge in [0.2, 0.25) is 0 Å². The quantitative estimate of drug-likeness (QED) is 0.836. The van der Waals surface area contributed by atoms with Crippen LogP contribution in [-0.2, 0) is 22.3 Å². The van der Waals surface area contributed by atoms with E-state index in [2.05, 4.69) is 10.5 Å². The van der Waals surface area contributed by atoms with Crippen LogP contribution in [-0.4, -0.2) is 14.3 Å². The van der Waals surface area contributed by atoms with Crippen molar-refractivity contribution >= 4 is 22.1 Å². The van der Waals surface area contributed by atoms with Gasteiger partial charge in [-0.2, -0.15) is 0 Å². The minimum Gasteiger partial charge on any atom is -0.360 e. The van der Waals surface area contributed by atoms with Gasteiger partial charge in [-0.1, -0.05) is 24.4 Å². The maximum Gasteiger partial charge on any atom is 0.149 e. The molecule has 2 aromatic heterocycles. The zero-order valence-corrected chi connectivity index (χ0v) is 13.8. The van der Waals surface area contributed by atoms with Crippen molar-refractivity contribution in [3.8, 4) is 0 Å². The topological polar surface area (TPSA) is 56.0 Å². The Balaban J connectivity index is 1.57. The third-order valence-electron chi connectivity index (χ3n) is 3.81. The molecule has 1 saturated carbocycles. The predicted molar refractivity (Wildman–Crippen MR) is 84.7 cm³/mol. The number of hydrogen-bond acceptors (Lipinski definition) is 5. The van der Waals surface area contributed by atoms with Gasteiger partial charge in [0.15, 0.2) is 0 Å². The minimum atomic E-state index is -0.990. The van der Waals surface area contributed by atoms with E-state index in [1.165, 1.54) is 37.1 Å². The molecule has 0 aliphatic heterocycles. The van der Waals surface area contributed by atoms with Gasteiger partial charge in [-0.25, -0.2) is 4.98 Å². The van der Waals surface area contributed by atoms with E-state index in [1.54, 1.807) is 11.3 Å². The molecule has 1 aliphatic carbocycles. The Hall–Kier alpha value is -1.01. The summed E-state index contributed by atoms with van der Waals surface area (Å²) in [6.45, 7) is 1.87. The summed E-state index contributed by atoms with van der Waals surface area (Å²) in [6, 6.07) is 1.84. The summed E-state index contributed by atoms with van der Waals surface area (Å²) >= 11 is 1.73. The van der Waals surface area contributed by atoms with Gasteiger partial charge in [-0.15, -0.1) is 11.3 Å². The molecule has 1 atom stereocenters. The second-order valence-electron chi connectivity index (χ2n) is 5.68. The maximum atomic E-state index is 12.2. The zero-order valence-electron chi connectivity index (χ0n) is 12.2. The Bertz CT molecular complexity index is 615. The summed E-state index contributed by atoms with van der Waals surface area (Å²) < 4.78 is 17.3. The van der Waals surface area contributed by atoms with Crippen LogP contribution in [0.2, 0.25) is 0 Å². The lowest BCUT2D eigenvalue weighted by Crippen LogP contribution is -2.05. The third kappa shape index (κ3) is 4.01. The Morgan fingerprint density at radius 1 is 1.33 bits per heavy atom. The van der Waals surface area contributed by atoms with Crippen molar-refractivity contribution in [1.29, 1.82) is 0 Å². The van der Waals surface area contributed by atoms with Crippen molar-refractivity contribution in [2.45, 2.75) is 56.5 Å². The van der Waals surface area contributed by atoms with Crippen LogP contribution in [0.25, 0.3) is 0 Å². The highest BCUT2D eigenvalue weighted by molar-refractivity contribution is 7.83. The lowest BCUT2D eigenvalue weighted by Gasteiger charge is -2.18. The Labute approximate surface area is 131 Å². The molecule has 2 heterocycles. The van der Waals surface area contributed by atoms with Gasteiger partial charge in [0, 0.05) is 28.2 Å². The van der Waals surface area contributed by atoms with Gasteiger partial charge in [0.25, 0.3) is 0 Å². The summed E-state index contributed by atoms with van der Waals surface area (Å²) in [5, 5.41) is 7.12. The highest BCUT2D eigenvalue weighted by Crippen LogP contribution is 2.34. The molecule has 0 spiro atoms. The molecular formula is C15H20N2O2S2. The third-order valence-corrected chi connectivity index (χ3v) is 6.09. The SMILES string of the molecule is Cc1cc(C[S@](=O)Cc2csc(C3CCCCC3)n2)on1. The van der Waals surface area contributed by atoms with Gasteiger partial charge in [0.05, 0.1) is 27.9 Å². The van der Waals surface area contributed by atoms with Crippen molar-refractivity contribution in [1.82, 2.24) is 10.1 Å². The Morgan fingerprint density at radius 3 is 2.86 bits per heavy atom. The molecule has 2 aromatic rings. The molecule has 21 heavy (non-hydrogen) atoms. The van der Waals surface area contributed by atoms with Crippen LogP contribution in [0.4, 0.5) is 0 Å². The summed E-state index contributed by atoms with van der Waals surface area (Å²) in [5.74, 6) is 2.23. The molecule has 0 radical (unpaired) electrons. The highest BCUT2D eigenvalue weighted by atomic mass is 32.2. The summed E-state index contributed by atoms with van der Waals surface area (Å²) in [6.07, 6.45) is 6.50. The van der Waals surface area contributed by atoms with Crippen LogP contribution in [0.15, 0.2) is 16.0 Å². The fraction of sp³-hybridized carbons (Fsp3) is 0.600. The minimum absolute atomic E-state index is 0.414. The standard InChI is InChI=1S/C15H20N2O2S2/c1-11-7-14(19-17-11)10-21(18)9-13-8-20-15(16-13)12-5-3-2-4-6-12/h7-8,12H,2-6,9-10H2,1H3/t21-/m1/s1. The molecule has 0 saturated heterocycles. The first kappa shape index (κ1) is 14.9. The van der Waals surface area contributed by atoms with Crippen LogP contribution in [0, 0.1) is 6.92 Å². The van der Waals surface area contributed by atoms with Crippen LogP contribution >= 0.6 is 11.3 Å². The molecule has 114 valence electrons. The molecule has 4 nitrogen and oxygen atoms in total. The van der Waals surface area contributed by atoms with Gasteiger partial charge in [-0.3, -0.25) is 4.21 Å².